The van der Waals surface area contributed by atoms with Crippen LogP contribution in [0.15, 0.2) is 49.0 Å². The standard InChI is InChI=1S/C27H29F3N2O/c1-17-20-6-3-4-7-24(20)32(25-16-19(27(28,29)30)8-9-21(17)25)13-5-12-31-14-10-22-23(11-15-31)26(22)18(2)33/h3-4,6-9,16,22-23,26H,1,5,10-15H2,2H3. The van der Waals surface area contributed by atoms with E-state index in [0.29, 0.717) is 29.9 Å². The number of rotatable bonds is 5. The molecule has 6 heteroatoms. The van der Waals surface area contributed by atoms with Gasteiger partial charge in [-0.05, 0) is 81.4 Å². The molecule has 5 rings (SSSR count). The Morgan fingerprint density at radius 1 is 1.00 bits per heavy atom. The molecule has 1 saturated heterocycles. The molecule has 0 amide bonds. The average molecular weight is 455 g/mol. The molecule has 0 spiro atoms. The summed E-state index contributed by atoms with van der Waals surface area (Å²) in [6.07, 6.45) is -1.40. The molecule has 2 heterocycles. The molecule has 2 atom stereocenters. The maximum atomic E-state index is 13.5. The first-order valence-corrected chi connectivity index (χ1v) is 11.8. The molecule has 2 aromatic carbocycles. The first-order chi connectivity index (χ1) is 15.8. The van der Waals surface area contributed by atoms with E-state index in [1.807, 2.05) is 29.2 Å². The summed E-state index contributed by atoms with van der Waals surface area (Å²) in [6, 6.07) is 11.8. The molecule has 0 radical (unpaired) electrons. The van der Waals surface area contributed by atoms with Crippen LogP contribution in [0.3, 0.4) is 0 Å². The molecule has 2 unspecified atom stereocenters. The zero-order valence-electron chi connectivity index (χ0n) is 18.9. The van der Waals surface area contributed by atoms with E-state index in [-0.39, 0.29) is 5.92 Å². The van der Waals surface area contributed by atoms with Gasteiger partial charge < -0.3 is 9.80 Å². The number of hydrogen-bond acceptors (Lipinski definition) is 3. The van der Waals surface area contributed by atoms with E-state index < -0.39 is 11.7 Å². The number of ketones is 1. The number of nitrogens with zero attached hydrogens (tertiary/aromatic N) is 2. The molecular formula is C27H29F3N2O. The number of Topliss-reactive ketones (excluding diaryl/α,β-unsaturated/α-hetero) is 1. The summed E-state index contributed by atoms with van der Waals surface area (Å²) in [5.74, 6) is 1.73. The molecule has 1 saturated carbocycles. The molecule has 2 fully saturated rings. The fraction of sp³-hybridized carbons (Fsp3) is 0.444. The minimum Gasteiger partial charge on any atom is -0.340 e. The van der Waals surface area contributed by atoms with Crippen LogP contribution in [0.2, 0.25) is 0 Å². The summed E-state index contributed by atoms with van der Waals surface area (Å²) in [7, 11) is 0. The number of halogens is 3. The van der Waals surface area contributed by atoms with Crippen molar-refractivity contribution in [2.75, 3.05) is 31.1 Å². The lowest BCUT2D eigenvalue weighted by Gasteiger charge is -2.35. The minimum atomic E-state index is -4.39. The highest BCUT2D eigenvalue weighted by Gasteiger charge is 2.52. The number of likely N-dealkylation sites (tertiary alicyclic amines) is 1. The number of para-hydroxylation sites is 1. The Kier molecular flexibility index (Phi) is 5.60. The van der Waals surface area contributed by atoms with Crippen LogP contribution in [0.4, 0.5) is 24.5 Å². The minimum absolute atomic E-state index is 0.282. The highest BCUT2D eigenvalue weighted by molar-refractivity contribution is 5.97. The van der Waals surface area contributed by atoms with E-state index in [2.05, 4.69) is 11.5 Å². The van der Waals surface area contributed by atoms with Gasteiger partial charge in [-0.15, -0.1) is 0 Å². The number of carbonyl (C=O) groups excluding carboxylic acids is 1. The Bertz CT molecular complexity index is 1080. The third-order valence-corrected chi connectivity index (χ3v) is 7.68. The van der Waals surface area contributed by atoms with Crippen molar-refractivity contribution in [1.82, 2.24) is 4.90 Å². The van der Waals surface area contributed by atoms with E-state index in [4.69, 9.17) is 0 Å². The molecule has 2 aromatic rings. The Labute approximate surface area is 192 Å². The predicted molar refractivity (Wildman–Crippen MR) is 124 cm³/mol. The molecule has 33 heavy (non-hydrogen) atoms. The summed E-state index contributed by atoms with van der Waals surface area (Å²) in [5.41, 5.74) is 3.34. The number of fused-ring (bicyclic) bond motifs is 3. The van der Waals surface area contributed by atoms with Gasteiger partial charge in [-0.3, -0.25) is 4.79 Å². The van der Waals surface area contributed by atoms with Crippen molar-refractivity contribution in [2.24, 2.45) is 17.8 Å². The maximum absolute atomic E-state index is 13.5. The molecular weight excluding hydrogens is 425 g/mol. The van der Waals surface area contributed by atoms with Gasteiger partial charge in [-0.2, -0.15) is 13.2 Å². The van der Waals surface area contributed by atoms with E-state index in [1.165, 1.54) is 6.07 Å². The first kappa shape index (κ1) is 22.2. The molecule has 0 bridgehead atoms. The molecule has 2 aliphatic heterocycles. The lowest BCUT2D eigenvalue weighted by atomic mass is 9.90. The summed E-state index contributed by atoms with van der Waals surface area (Å²) >= 11 is 0. The normalized spacial score (nSPS) is 24.5. The van der Waals surface area contributed by atoms with Crippen LogP contribution in [-0.4, -0.2) is 36.9 Å². The second kappa shape index (κ2) is 8.32. The molecule has 1 aliphatic carbocycles. The largest absolute Gasteiger partial charge is 0.416 e. The summed E-state index contributed by atoms with van der Waals surface area (Å²) < 4.78 is 40.4. The van der Waals surface area contributed by atoms with E-state index >= 15 is 0 Å². The van der Waals surface area contributed by atoms with Crippen molar-refractivity contribution in [3.05, 3.63) is 65.7 Å². The highest BCUT2D eigenvalue weighted by Crippen LogP contribution is 2.52. The second-order valence-corrected chi connectivity index (χ2v) is 9.61. The van der Waals surface area contributed by atoms with Gasteiger partial charge in [0.25, 0.3) is 0 Å². The van der Waals surface area contributed by atoms with Crippen LogP contribution in [0.1, 0.15) is 42.9 Å². The summed E-state index contributed by atoms with van der Waals surface area (Å²) in [5, 5.41) is 0. The van der Waals surface area contributed by atoms with Crippen molar-refractivity contribution < 1.29 is 18.0 Å². The van der Waals surface area contributed by atoms with Crippen LogP contribution >= 0.6 is 0 Å². The van der Waals surface area contributed by atoms with E-state index in [0.717, 1.165) is 67.4 Å². The van der Waals surface area contributed by atoms with Gasteiger partial charge in [-0.1, -0.05) is 30.8 Å². The van der Waals surface area contributed by atoms with Gasteiger partial charge in [0.1, 0.15) is 5.78 Å². The monoisotopic (exact) mass is 454 g/mol. The van der Waals surface area contributed by atoms with Gasteiger partial charge in [0, 0.05) is 35.0 Å². The molecule has 3 nitrogen and oxygen atoms in total. The van der Waals surface area contributed by atoms with Crippen molar-refractivity contribution in [2.45, 2.75) is 32.4 Å². The molecule has 174 valence electrons. The van der Waals surface area contributed by atoms with Crippen LogP contribution in [0, 0.1) is 17.8 Å². The second-order valence-electron chi connectivity index (χ2n) is 9.61. The summed E-state index contributed by atoms with van der Waals surface area (Å²) in [4.78, 5) is 16.2. The predicted octanol–water partition coefficient (Wildman–Crippen LogP) is 6.16. The van der Waals surface area contributed by atoms with Gasteiger partial charge in [-0.25, -0.2) is 0 Å². The van der Waals surface area contributed by atoms with Crippen molar-refractivity contribution in [3.63, 3.8) is 0 Å². The topological polar surface area (TPSA) is 23.6 Å². The quantitative estimate of drug-likeness (QED) is 0.541. The third kappa shape index (κ3) is 4.10. The zero-order chi connectivity index (χ0) is 23.3. The van der Waals surface area contributed by atoms with Crippen LogP contribution in [0.25, 0.3) is 5.57 Å². The third-order valence-electron chi connectivity index (χ3n) is 7.68. The number of hydrogen-bond donors (Lipinski definition) is 0. The molecule has 0 aromatic heterocycles. The van der Waals surface area contributed by atoms with Gasteiger partial charge in [0.2, 0.25) is 0 Å². The van der Waals surface area contributed by atoms with Gasteiger partial charge >= 0.3 is 6.18 Å². The lowest BCUT2D eigenvalue weighted by Crippen LogP contribution is -2.31. The SMILES string of the molecule is C=C1c2ccccc2N(CCCN2CCC3C(CC2)C3C(C)=O)c2cc(C(F)(F)F)ccc21. The molecule has 3 aliphatic rings. The Hall–Kier alpha value is -2.60. The molecule has 0 N–H and O–H groups in total. The first-order valence-electron chi connectivity index (χ1n) is 11.8. The maximum Gasteiger partial charge on any atom is 0.416 e. The van der Waals surface area contributed by atoms with Crippen LogP contribution in [0.5, 0.6) is 0 Å². The van der Waals surface area contributed by atoms with Crippen molar-refractivity contribution in [1.29, 1.82) is 0 Å². The Morgan fingerprint density at radius 2 is 1.67 bits per heavy atom. The average Bonchev–Trinajstić information content (AvgIpc) is 3.52. The number of anilines is 2. The van der Waals surface area contributed by atoms with E-state index in [1.54, 1.807) is 13.0 Å². The van der Waals surface area contributed by atoms with E-state index in [9.17, 15) is 18.0 Å². The van der Waals surface area contributed by atoms with Gasteiger partial charge in [0.15, 0.2) is 0 Å². The van der Waals surface area contributed by atoms with Crippen LogP contribution in [-0.2, 0) is 11.0 Å². The van der Waals surface area contributed by atoms with Crippen LogP contribution < -0.4 is 4.90 Å². The fourth-order valence-corrected chi connectivity index (χ4v) is 5.95. The lowest BCUT2D eigenvalue weighted by molar-refractivity contribution is -0.137. The van der Waals surface area contributed by atoms with Crippen molar-refractivity contribution >= 4 is 22.7 Å². The number of alkyl halides is 3. The number of benzene rings is 2. The Balaban J connectivity index is 1.32. The Morgan fingerprint density at radius 3 is 2.33 bits per heavy atom. The van der Waals surface area contributed by atoms with Gasteiger partial charge in [0.05, 0.1) is 5.56 Å². The smallest absolute Gasteiger partial charge is 0.340 e. The van der Waals surface area contributed by atoms with Crippen molar-refractivity contribution in [3.8, 4) is 0 Å². The summed E-state index contributed by atoms with van der Waals surface area (Å²) in [6.45, 7) is 9.41. The zero-order valence-corrected chi connectivity index (χ0v) is 18.9. The fourth-order valence-electron chi connectivity index (χ4n) is 5.95. The number of carbonyl (C=O) groups is 1. The highest BCUT2D eigenvalue weighted by atomic mass is 19.4.